The standard InChI is InChI=1S/C11H18N2/c1-9-4-5-10(6-7-12)8-11(9)13(2)3/h4-5,8H,6-7,12H2,1-3H3. The fourth-order valence-corrected chi connectivity index (χ4v) is 1.46. The maximum atomic E-state index is 5.51. The van der Waals surface area contributed by atoms with Gasteiger partial charge in [-0.3, -0.25) is 0 Å². The van der Waals surface area contributed by atoms with E-state index in [0.29, 0.717) is 0 Å². The second kappa shape index (κ2) is 4.28. The first-order valence-corrected chi connectivity index (χ1v) is 4.62. The van der Waals surface area contributed by atoms with Crippen LogP contribution in [0.15, 0.2) is 18.2 Å². The molecule has 0 amide bonds. The third-order valence-electron chi connectivity index (χ3n) is 2.19. The van der Waals surface area contributed by atoms with E-state index in [1.807, 2.05) is 0 Å². The molecule has 0 unspecified atom stereocenters. The third-order valence-corrected chi connectivity index (χ3v) is 2.19. The van der Waals surface area contributed by atoms with Crippen molar-refractivity contribution in [3.8, 4) is 0 Å². The van der Waals surface area contributed by atoms with Crippen molar-refractivity contribution in [1.29, 1.82) is 0 Å². The summed E-state index contributed by atoms with van der Waals surface area (Å²) >= 11 is 0. The number of benzene rings is 1. The Balaban J connectivity index is 2.97. The van der Waals surface area contributed by atoms with Crippen LogP contribution in [0.2, 0.25) is 0 Å². The highest BCUT2D eigenvalue weighted by molar-refractivity contribution is 5.53. The van der Waals surface area contributed by atoms with E-state index < -0.39 is 0 Å². The van der Waals surface area contributed by atoms with Crippen LogP contribution in [0, 0.1) is 6.92 Å². The molecule has 0 aliphatic carbocycles. The van der Waals surface area contributed by atoms with E-state index >= 15 is 0 Å². The van der Waals surface area contributed by atoms with Crippen LogP contribution in [0.5, 0.6) is 0 Å². The quantitative estimate of drug-likeness (QED) is 0.761. The van der Waals surface area contributed by atoms with Crippen molar-refractivity contribution in [3.05, 3.63) is 29.3 Å². The van der Waals surface area contributed by atoms with Gasteiger partial charge in [-0.25, -0.2) is 0 Å². The monoisotopic (exact) mass is 178 g/mol. The minimum Gasteiger partial charge on any atom is -0.377 e. The summed E-state index contributed by atoms with van der Waals surface area (Å²) in [5.74, 6) is 0. The Labute approximate surface area is 80.4 Å². The normalized spacial score (nSPS) is 10.2. The van der Waals surface area contributed by atoms with Crippen LogP contribution < -0.4 is 10.6 Å². The van der Waals surface area contributed by atoms with E-state index in [0.717, 1.165) is 13.0 Å². The zero-order chi connectivity index (χ0) is 9.84. The SMILES string of the molecule is Cc1ccc(CCN)cc1N(C)C. The zero-order valence-electron chi connectivity index (χ0n) is 8.67. The van der Waals surface area contributed by atoms with Gasteiger partial charge in [0.2, 0.25) is 0 Å². The molecular weight excluding hydrogens is 160 g/mol. The van der Waals surface area contributed by atoms with Crippen molar-refractivity contribution in [2.24, 2.45) is 5.73 Å². The Kier molecular flexibility index (Phi) is 3.32. The lowest BCUT2D eigenvalue weighted by Gasteiger charge is -2.16. The molecule has 1 aromatic carbocycles. The Morgan fingerprint density at radius 3 is 2.54 bits per heavy atom. The van der Waals surface area contributed by atoms with Gasteiger partial charge in [-0.2, -0.15) is 0 Å². The topological polar surface area (TPSA) is 29.3 Å². The van der Waals surface area contributed by atoms with Gasteiger partial charge in [0, 0.05) is 19.8 Å². The maximum Gasteiger partial charge on any atom is 0.0393 e. The summed E-state index contributed by atoms with van der Waals surface area (Å²) in [5, 5.41) is 0. The fraction of sp³-hybridized carbons (Fsp3) is 0.455. The summed E-state index contributed by atoms with van der Waals surface area (Å²) in [5.41, 5.74) is 9.42. The molecule has 0 heterocycles. The van der Waals surface area contributed by atoms with Crippen LogP contribution in [0.25, 0.3) is 0 Å². The first-order valence-electron chi connectivity index (χ1n) is 4.62. The van der Waals surface area contributed by atoms with E-state index in [1.54, 1.807) is 0 Å². The largest absolute Gasteiger partial charge is 0.377 e. The molecule has 0 saturated heterocycles. The van der Waals surface area contributed by atoms with Gasteiger partial charge in [0.1, 0.15) is 0 Å². The van der Waals surface area contributed by atoms with Gasteiger partial charge in [-0.15, -0.1) is 0 Å². The Morgan fingerprint density at radius 1 is 1.31 bits per heavy atom. The van der Waals surface area contributed by atoms with E-state index in [4.69, 9.17) is 5.73 Å². The molecule has 0 saturated carbocycles. The second-order valence-corrected chi connectivity index (χ2v) is 3.55. The van der Waals surface area contributed by atoms with Crippen molar-refractivity contribution in [2.45, 2.75) is 13.3 Å². The lowest BCUT2D eigenvalue weighted by atomic mass is 10.1. The maximum absolute atomic E-state index is 5.51. The van der Waals surface area contributed by atoms with Crippen molar-refractivity contribution < 1.29 is 0 Å². The van der Waals surface area contributed by atoms with Crippen LogP contribution in [-0.2, 0) is 6.42 Å². The molecule has 0 aliphatic rings. The highest BCUT2D eigenvalue weighted by atomic mass is 15.1. The predicted octanol–water partition coefficient (Wildman–Crippen LogP) is 1.56. The Hall–Kier alpha value is -1.02. The molecular formula is C11H18N2. The first kappa shape index (κ1) is 10.1. The van der Waals surface area contributed by atoms with Gasteiger partial charge in [-0.05, 0) is 37.1 Å². The molecule has 0 bridgehead atoms. The summed E-state index contributed by atoms with van der Waals surface area (Å²) in [6, 6.07) is 6.51. The molecule has 0 radical (unpaired) electrons. The summed E-state index contributed by atoms with van der Waals surface area (Å²) in [4.78, 5) is 2.13. The van der Waals surface area contributed by atoms with Crippen LogP contribution >= 0.6 is 0 Å². The lowest BCUT2D eigenvalue weighted by molar-refractivity contribution is 0.964. The number of nitrogens with zero attached hydrogens (tertiary/aromatic N) is 1. The number of anilines is 1. The smallest absolute Gasteiger partial charge is 0.0393 e. The van der Waals surface area contributed by atoms with Crippen molar-refractivity contribution in [1.82, 2.24) is 0 Å². The average Bonchev–Trinajstić information content (AvgIpc) is 2.08. The van der Waals surface area contributed by atoms with E-state index in [-0.39, 0.29) is 0 Å². The van der Waals surface area contributed by atoms with Gasteiger partial charge in [-0.1, -0.05) is 12.1 Å². The van der Waals surface area contributed by atoms with Gasteiger partial charge in [0.15, 0.2) is 0 Å². The highest BCUT2D eigenvalue weighted by Crippen LogP contribution is 2.19. The third kappa shape index (κ3) is 2.46. The minimum absolute atomic E-state index is 0.718. The summed E-state index contributed by atoms with van der Waals surface area (Å²) in [6.45, 7) is 2.84. The van der Waals surface area contributed by atoms with E-state index in [2.05, 4.69) is 44.1 Å². The highest BCUT2D eigenvalue weighted by Gasteiger charge is 2.01. The predicted molar refractivity (Wildman–Crippen MR) is 58.3 cm³/mol. The van der Waals surface area contributed by atoms with Crippen LogP contribution in [0.4, 0.5) is 5.69 Å². The van der Waals surface area contributed by atoms with Gasteiger partial charge >= 0.3 is 0 Å². The molecule has 0 aromatic heterocycles. The van der Waals surface area contributed by atoms with Crippen molar-refractivity contribution in [3.63, 3.8) is 0 Å². The molecule has 2 heteroatoms. The lowest BCUT2D eigenvalue weighted by Crippen LogP contribution is -2.11. The number of hydrogen-bond donors (Lipinski definition) is 1. The molecule has 0 fully saturated rings. The molecule has 13 heavy (non-hydrogen) atoms. The molecule has 1 rings (SSSR count). The second-order valence-electron chi connectivity index (χ2n) is 3.55. The molecule has 0 spiro atoms. The first-order chi connectivity index (χ1) is 6.15. The van der Waals surface area contributed by atoms with Crippen molar-refractivity contribution >= 4 is 5.69 Å². The van der Waals surface area contributed by atoms with Gasteiger partial charge < -0.3 is 10.6 Å². The number of hydrogen-bond acceptors (Lipinski definition) is 2. The van der Waals surface area contributed by atoms with Crippen LogP contribution in [0.1, 0.15) is 11.1 Å². The van der Waals surface area contributed by atoms with Crippen LogP contribution in [0.3, 0.4) is 0 Å². The molecule has 2 nitrogen and oxygen atoms in total. The summed E-state index contributed by atoms with van der Waals surface area (Å²) in [6.07, 6.45) is 0.959. The average molecular weight is 178 g/mol. The molecule has 0 atom stereocenters. The molecule has 2 N–H and O–H groups in total. The van der Waals surface area contributed by atoms with E-state index in [9.17, 15) is 0 Å². The fourth-order valence-electron chi connectivity index (χ4n) is 1.46. The Morgan fingerprint density at radius 2 is 2.00 bits per heavy atom. The van der Waals surface area contributed by atoms with Crippen LogP contribution in [-0.4, -0.2) is 20.6 Å². The number of aryl methyl sites for hydroxylation is 1. The molecule has 0 aliphatic heterocycles. The zero-order valence-corrected chi connectivity index (χ0v) is 8.67. The van der Waals surface area contributed by atoms with Crippen molar-refractivity contribution in [2.75, 3.05) is 25.5 Å². The van der Waals surface area contributed by atoms with Gasteiger partial charge in [0.05, 0.1) is 0 Å². The van der Waals surface area contributed by atoms with Gasteiger partial charge in [0.25, 0.3) is 0 Å². The summed E-state index contributed by atoms with van der Waals surface area (Å²) < 4.78 is 0. The minimum atomic E-state index is 0.718. The Bertz CT molecular complexity index is 279. The number of nitrogens with two attached hydrogens (primary N) is 1. The van der Waals surface area contributed by atoms with E-state index in [1.165, 1.54) is 16.8 Å². The molecule has 1 aromatic rings. The molecule has 72 valence electrons. The summed E-state index contributed by atoms with van der Waals surface area (Å²) in [7, 11) is 4.13. The number of rotatable bonds is 3.